The zero-order valence-electron chi connectivity index (χ0n) is 18.2. The molecule has 6 heteroatoms. The van der Waals surface area contributed by atoms with Crippen molar-refractivity contribution in [2.45, 2.75) is 76.7 Å². The van der Waals surface area contributed by atoms with Gasteiger partial charge in [0.05, 0.1) is 17.8 Å². The van der Waals surface area contributed by atoms with Crippen molar-refractivity contribution in [2.24, 2.45) is 53.3 Å². The van der Waals surface area contributed by atoms with Crippen molar-refractivity contribution in [2.75, 3.05) is 0 Å². The number of fused-ring (bicyclic) bond motifs is 9. The highest BCUT2D eigenvalue weighted by Crippen LogP contribution is 2.68. The van der Waals surface area contributed by atoms with E-state index in [0.717, 1.165) is 12.8 Å². The SMILES string of the molecule is CC1=CC2C(O)C(C)C(O)C2C2C1CC1C2C2C(=O)OC3CCC1(C)OC2(O)C3C. The molecule has 0 amide bonds. The van der Waals surface area contributed by atoms with Crippen LogP contribution in [0.25, 0.3) is 0 Å². The maximum absolute atomic E-state index is 13.3. The van der Waals surface area contributed by atoms with Crippen molar-refractivity contribution in [1.29, 1.82) is 0 Å². The second kappa shape index (κ2) is 5.89. The first-order valence-corrected chi connectivity index (χ1v) is 11.8. The molecule has 166 valence electrons. The van der Waals surface area contributed by atoms with Crippen molar-refractivity contribution in [1.82, 2.24) is 0 Å². The molecule has 14 unspecified atom stereocenters. The van der Waals surface area contributed by atoms with Gasteiger partial charge in [0.1, 0.15) is 12.0 Å². The van der Waals surface area contributed by atoms with Crippen molar-refractivity contribution in [3.8, 4) is 0 Å². The first-order chi connectivity index (χ1) is 14.1. The van der Waals surface area contributed by atoms with E-state index in [1.807, 2.05) is 13.8 Å². The lowest BCUT2D eigenvalue weighted by Crippen LogP contribution is -2.68. The van der Waals surface area contributed by atoms with Gasteiger partial charge in [0, 0.05) is 17.8 Å². The lowest BCUT2D eigenvalue weighted by atomic mass is 9.59. The number of esters is 1. The fourth-order valence-corrected chi connectivity index (χ4v) is 8.78. The Kier molecular flexibility index (Phi) is 3.87. The van der Waals surface area contributed by atoms with Crippen molar-refractivity contribution >= 4 is 5.97 Å². The second-order valence-corrected chi connectivity index (χ2v) is 11.5. The molecular weight excluding hydrogens is 384 g/mol. The van der Waals surface area contributed by atoms with Gasteiger partial charge in [-0.15, -0.1) is 0 Å². The molecule has 3 aliphatic carbocycles. The van der Waals surface area contributed by atoms with E-state index in [2.05, 4.69) is 19.9 Å². The molecule has 3 N–H and O–H groups in total. The second-order valence-electron chi connectivity index (χ2n) is 11.5. The molecule has 0 aromatic carbocycles. The van der Waals surface area contributed by atoms with Gasteiger partial charge in [-0.25, -0.2) is 0 Å². The van der Waals surface area contributed by atoms with Crippen molar-refractivity contribution < 1.29 is 29.6 Å². The van der Waals surface area contributed by atoms with Crippen molar-refractivity contribution in [3.05, 3.63) is 11.6 Å². The zero-order chi connectivity index (χ0) is 21.3. The summed E-state index contributed by atoms with van der Waals surface area (Å²) in [4.78, 5) is 13.3. The zero-order valence-corrected chi connectivity index (χ0v) is 18.2. The van der Waals surface area contributed by atoms with Gasteiger partial charge in [-0.2, -0.15) is 0 Å². The smallest absolute Gasteiger partial charge is 0.315 e. The Balaban J connectivity index is 1.53. The highest BCUT2D eigenvalue weighted by Gasteiger charge is 2.73. The van der Waals surface area contributed by atoms with Crippen molar-refractivity contribution in [3.63, 3.8) is 0 Å². The highest BCUT2D eigenvalue weighted by atomic mass is 16.7. The molecule has 3 bridgehead atoms. The van der Waals surface area contributed by atoms with Crippen LogP contribution in [0.4, 0.5) is 0 Å². The first-order valence-electron chi connectivity index (χ1n) is 11.8. The van der Waals surface area contributed by atoms with Gasteiger partial charge >= 0.3 is 5.97 Å². The van der Waals surface area contributed by atoms with Gasteiger partial charge in [0.25, 0.3) is 0 Å². The summed E-state index contributed by atoms with van der Waals surface area (Å²) in [6, 6.07) is 0. The summed E-state index contributed by atoms with van der Waals surface area (Å²) >= 11 is 0. The van der Waals surface area contributed by atoms with Crippen LogP contribution >= 0.6 is 0 Å². The number of hydrogen-bond donors (Lipinski definition) is 3. The Bertz CT molecular complexity index is 825. The van der Waals surface area contributed by atoms with Crippen LogP contribution in [-0.2, 0) is 14.3 Å². The van der Waals surface area contributed by atoms with Gasteiger partial charge < -0.3 is 24.8 Å². The monoisotopic (exact) mass is 418 g/mol. The number of carbonyl (C=O) groups excluding carboxylic acids is 1. The highest BCUT2D eigenvalue weighted by molar-refractivity contribution is 5.76. The summed E-state index contributed by atoms with van der Waals surface area (Å²) in [5.41, 5.74) is 0.724. The molecule has 0 radical (unpaired) electrons. The Morgan fingerprint density at radius 1 is 1.13 bits per heavy atom. The molecule has 6 rings (SSSR count). The van der Waals surface area contributed by atoms with Crippen LogP contribution in [0.2, 0.25) is 0 Å². The molecular formula is C24H34O6. The summed E-state index contributed by atoms with van der Waals surface area (Å²) in [6.45, 7) is 8.08. The van der Waals surface area contributed by atoms with Gasteiger partial charge in [0.2, 0.25) is 0 Å². The summed E-state index contributed by atoms with van der Waals surface area (Å²) in [5, 5.41) is 33.9. The molecule has 0 aromatic heterocycles. The molecule has 3 heterocycles. The third kappa shape index (κ3) is 2.12. The van der Waals surface area contributed by atoms with E-state index in [0.29, 0.717) is 6.42 Å². The number of ether oxygens (including phenoxy) is 2. The minimum absolute atomic E-state index is 0.0359. The van der Waals surface area contributed by atoms with Gasteiger partial charge in [-0.3, -0.25) is 4.79 Å². The number of hydrogen-bond acceptors (Lipinski definition) is 6. The Morgan fingerprint density at radius 2 is 1.87 bits per heavy atom. The molecule has 30 heavy (non-hydrogen) atoms. The summed E-state index contributed by atoms with van der Waals surface area (Å²) in [5.74, 6) is -3.02. The van der Waals surface area contributed by atoms with E-state index in [1.165, 1.54) is 5.57 Å². The summed E-state index contributed by atoms with van der Waals surface area (Å²) in [6.07, 6.45) is 3.02. The molecule has 3 aliphatic heterocycles. The molecule has 6 nitrogen and oxygen atoms in total. The fourth-order valence-electron chi connectivity index (χ4n) is 8.78. The third-order valence-electron chi connectivity index (χ3n) is 10.3. The van der Waals surface area contributed by atoms with E-state index < -0.39 is 29.5 Å². The maximum atomic E-state index is 13.3. The van der Waals surface area contributed by atoms with Crippen LogP contribution in [0, 0.1) is 53.3 Å². The predicted molar refractivity (Wildman–Crippen MR) is 107 cm³/mol. The van der Waals surface area contributed by atoms with E-state index in [9.17, 15) is 20.1 Å². The lowest BCUT2D eigenvalue weighted by molar-refractivity contribution is -0.369. The Hall–Kier alpha value is -0.950. The molecule has 3 saturated heterocycles. The fraction of sp³-hybridized carbons (Fsp3) is 0.875. The lowest BCUT2D eigenvalue weighted by Gasteiger charge is -2.57. The van der Waals surface area contributed by atoms with Crippen LogP contribution in [0.3, 0.4) is 0 Å². The van der Waals surface area contributed by atoms with Crippen LogP contribution in [0.5, 0.6) is 0 Å². The average molecular weight is 419 g/mol. The van der Waals surface area contributed by atoms with Crippen LogP contribution in [-0.4, -0.2) is 51.0 Å². The molecule has 0 spiro atoms. The van der Waals surface area contributed by atoms with E-state index in [4.69, 9.17) is 9.47 Å². The number of allylic oxidation sites excluding steroid dienone is 1. The average Bonchev–Trinajstić information content (AvgIpc) is 3.17. The summed E-state index contributed by atoms with van der Waals surface area (Å²) in [7, 11) is 0. The molecule has 6 aliphatic rings. The molecule has 0 aromatic rings. The number of aliphatic hydroxyl groups is 3. The van der Waals surface area contributed by atoms with E-state index in [-0.39, 0.29) is 59.4 Å². The molecule has 2 saturated carbocycles. The first kappa shape index (κ1) is 19.7. The molecule has 14 atom stereocenters. The predicted octanol–water partition coefficient (Wildman–Crippen LogP) is 1.87. The van der Waals surface area contributed by atoms with Gasteiger partial charge in [0.15, 0.2) is 5.79 Å². The Labute approximate surface area is 177 Å². The van der Waals surface area contributed by atoms with E-state index >= 15 is 0 Å². The van der Waals surface area contributed by atoms with Crippen LogP contribution < -0.4 is 0 Å². The van der Waals surface area contributed by atoms with Crippen LogP contribution in [0.1, 0.15) is 47.0 Å². The Morgan fingerprint density at radius 3 is 2.60 bits per heavy atom. The normalized spacial score (nSPS) is 63.4. The van der Waals surface area contributed by atoms with Crippen LogP contribution in [0.15, 0.2) is 11.6 Å². The maximum Gasteiger partial charge on any atom is 0.315 e. The largest absolute Gasteiger partial charge is 0.461 e. The molecule has 5 fully saturated rings. The number of aliphatic hydroxyl groups excluding tert-OH is 2. The number of carbonyl (C=O) groups is 1. The quantitative estimate of drug-likeness (QED) is 0.411. The van der Waals surface area contributed by atoms with Gasteiger partial charge in [-0.05, 0) is 62.7 Å². The topological polar surface area (TPSA) is 96.2 Å². The summed E-state index contributed by atoms with van der Waals surface area (Å²) < 4.78 is 12.4. The van der Waals surface area contributed by atoms with E-state index in [1.54, 1.807) is 0 Å². The third-order valence-corrected chi connectivity index (χ3v) is 10.3. The number of rotatable bonds is 0. The minimum atomic E-state index is -1.53. The van der Waals surface area contributed by atoms with Gasteiger partial charge in [-0.1, -0.05) is 25.5 Å². The standard InChI is InChI=1S/C24H34O6/c1-9-7-13-17(21(26)10(2)20(13)25)16-12(9)8-14-18(16)19-22(27)29-15-5-6-23(14,4)30-24(19,28)11(15)3/h7,10-21,25-26,28H,5-6,8H2,1-4H3. The minimum Gasteiger partial charge on any atom is -0.461 e.